The van der Waals surface area contributed by atoms with Gasteiger partial charge < -0.3 is 10.9 Å². The number of hydrogen-bond acceptors (Lipinski definition) is 4. The summed E-state index contributed by atoms with van der Waals surface area (Å²) in [4.78, 5) is 2.25. The van der Waals surface area contributed by atoms with Gasteiger partial charge in [-0.05, 0) is 38.8 Å². The third kappa shape index (κ3) is 3.30. The Bertz CT molecular complexity index is 456. The minimum atomic E-state index is 0.0301. The highest BCUT2D eigenvalue weighted by Gasteiger charge is 2.26. The summed E-state index contributed by atoms with van der Waals surface area (Å²) < 4.78 is 2.01. The second-order valence-corrected chi connectivity index (χ2v) is 5.55. The second-order valence-electron chi connectivity index (χ2n) is 5.55. The Balaban J connectivity index is 2.05. The van der Waals surface area contributed by atoms with Crippen LogP contribution < -0.4 is 5.73 Å². The molecule has 0 radical (unpaired) electrons. The number of piperidine rings is 1. The zero-order valence-electron chi connectivity index (χ0n) is 12.4. The summed E-state index contributed by atoms with van der Waals surface area (Å²) in [5.74, 6) is 0.311. The van der Waals surface area contributed by atoms with Crippen LogP contribution >= 0.6 is 0 Å². The number of rotatable bonds is 5. The van der Waals surface area contributed by atoms with Gasteiger partial charge in [0.1, 0.15) is 0 Å². The molecule has 112 valence electrons. The Labute approximate surface area is 120 Å². The molecule has 0 spiro atoms. The van der Waals surface area contributed by atoms with E-state index >= 15 is 0 Å². The maximum absolute atomic E-state index is 8.90. The van der Waals surface area contributed by atoms with E-state index in [0.717, 1.165) is 44.5 Å². The lowest BCUT2D eigenvalue weighted by Crippen LogP contribution is -2.47. The second kappa shape index (κ2) is 6.74. The van der Waals surface area contributed by atoms with Crippen molar-refractivity contribution >= 4 is 5.84 Å². The summed E-state index contributed by atoms with van der Waals surface area (Å²) in [7, 11) is 0. The van der Waals surface area contributed by atoms with Crippen molar-refractivity contribution in [1.29, 1.82) is 0 Å². The minimum absolute atomic E-state index is 0.0301. The summed E-state index contributed by atoms with van der Waals surface area (Å²) >= 11 is 0. The fraction of sp³-hybridized carbons (Fsp3) is 0.714. The summed E-state index contributed by atoms with van der Waals surface area (Å²) in [6, 6.07) is 2.51. The van der Waals surface area contributed by atoms with Gasteiger partial charge in [-0.1, -0.05) is 18.5 Å². The first-order chi connectivity index (χ1) is 9.65. The maximum Gasteiger partial charge on any atom is 0.156 e. The van der Waals surface area contributed by atoms with Crippen molar-refractivity contribution in [2.45, 2.75) is 58.2 Å². The molecule has 0 aliphatic carbocycles. The predicted octanol–water partition coefficient (Wildman–Crippen LogP) is 1.96. The van der Waals surface area contributed by atoms with Crippen LogP contribution in [0.1, 0.15) is 51.3 Å². The Morgan fingerprint density at radius 3 is 3.10 bits per heavy atom. The van der Waals surface area contributed by atoms with Crippen molar-refractivity contribution in [3.8, 4) is 0 Å². The van der Waals surface area contributed by atoms with E-state index in [1.54, 1.807) is 0 Å². The van der Waals surface area contributed by atoms with Gasteiger partial charge in [-0.3, -0.25) is 9.58 Å². The quantitative estimate of drug-likeness (QED) is 0.374. The Morgan fingerprint density at radius 2 is 2.40 bits per heavy atom. The third-order valence-corrected chi connectivity index (χ3v) is 4.14. The van der Waals surface area contributed by atoms with Crippen molar-refractivity contribution in [3.63, 3.8) is 0 Å². The highest BCUT2D eigenvalue weighted by atomic mass is 16.4. The van der Waals surface area contributed by atoms with Gasteiger partial charge in [-0.15, -0.1) is 0 Å². The average Bonchev–Trinajstić information content (AvgIpc) is 2.94. The van der Waals surface area contributed by atoms with E-state index in [9.17, 15) is 0 Å². The smallest absolute Gasteiger partial charge is 0.156 e. The molecule has 1 aromatic rings. The van der Waals surface area contributed by atoms with Gasteiger partial charge in [0, 0.05) is 18.8 Å². The molecule has 2 unspecified atom stereocenters. The fourth-order valence-electron chi connectivity index (χ4n) is 2.68. The third-order valence-electron chi connectivity index (χ3n) is 4.14. The van der Waals surface area contributed by atoms with Crippen LogP contribution in [-0.2, 0) is 6.54 Å². The first-order valence-electron chi connectivity index (χ1n) is 7.41. The van der Waals surface area contributed by atoms with Crippen LogP contribution in [0.15, 0.2) is 17.4 Å². The summed E-state index contributed by atoms with van der Waals surface area (Å²) in [5, 5.41) is 16.7. The molecule has 3 N–H and O–H groups in total. The summed E-state index contributed by atoms with van der Waals surface area (Å²) in [5.41, 5.74) is 6.84. The number of amidine groups is 1. The molecule has 6 heteroatoms. The highest BCUT2D eigenvalue weighted by Crippen LogP contribution is 2.20. The lowest BCUT2D eigenvalue weighted by Gasteiger charge is -2.34. The van der Waals surface area contributed by atoms with Gasteiger partial charge in [0.25, 0.3) is 0 Å². The molecule has 1 aromatic heterocycles. The van der Waals surface area contributed by atoms with Gasteiger partial charge in [-0.25, -0.2) is 0 Å². The molecule has 2 heterocycles. The van der Waals surface area contributed by atoms with Crippen molar-refractivity contribution in [2.24, 2.45) is 10.9 Å². The summed E-state index contributed by atoms with van der Waals surface area (Å²) in [6.07, 6.45) is 6.32. The molecule has 0 saturated carbocycles. The van der Waals surface area contributed by atoms with E-state index in [-0.39, 0.29) is 6.04 Å². The number of nitrogens with two attached hydrogens (primary N) is 1. The number of nitrogens with zero attached hydrogens (tertiary/aromatic N) is 4. The SMILES string of the molecule is CCC(C)n1ccc(CN2CCCCC2C(N)=NO)n1. The zero-order valence-corrected chi connectivity index (χ0v) is 12.4. The van der Waals surface area contributed by atoms with E-state index < -0.39 is 0 Å². The normalized spacial score (nSPS) is 22.9. The molecule has 0 bridgehead atoms. The molecule has 2 atom stereocenters. The molecular formula is C14H25N5O. The molecule has 6 nitrogen and oxygen atoms in total. The average molecular weight is 279 g/mol. The lowest BCUT2D eigenvalue weighted by atomic mass is 10.0. The van der Waals surface area contributed by atoms with Crippen molar-refractivity contribution < 1.29 is 5.21 Å². The van der Waals surface area contributed by atoms with Crippen LogP contribution in [0.4, 0.5) is 0 Å². The van der Waals surface area contributed by atoms with Gasteiger partial charge in [0.2, 0.25) is 0 Å². The first-order valence-corrected chi connectivity index (χ1v) is 7.41. The molecule has 0 amide bonds. The van der Waals surface area contributed by atoms with E-state index in [0.29, 0.717) is 11.9 Å². The first kappa shape index (κ1) is 14.8. The molecule has 1 aliphatic heterocycles. The van der Waals surface area contributed by atoms with Crippen molar-refractivity contribution in [3.05, 3.63) is 18.0 Å². The monoisotopic (exact) mass is 279 g/mol. The van der Waals surface area contributed by atoms with Crippen molar-refractivity contribution in [1.82, 2.24) is 14.7 Å². The topological polar surface area (TPSA) is 79.7 Å². The molecule has 1 fully saturated rings. The molecule has 1 saturated heterocycles. The van der Waals surface area contributed by atoms with Crippen LogP contribution in [0.3, 0.4) is 0 Å². The van der Waals surface area contributed by atoms with E-state index in [2.05, 4.69) is 35.1 Å². The molecule has 20 heavy (non-hydrogen) atoms. The molecule has 1 aliphatic rings. The maximum atomic E-state index is 8.90. The highest BCUT2D eigenvalue weighted by molar-refractivity contribution is 5.85. The van der Waals surface area contributed by atoms with Gasteiger partial charge in [0.15, 0.2) is 5.84 Å². The van der Waals surface area contributed by atoms with Crippen LogP contribution in [0, 0.1) is 0 Å². The molecule has 0 aromatic carbocycles. The van der Waals surface area contributed by atoms with Crippen molar-refractivity contribution in [2.75, 3.05) is 6.54 Å². The Hall–Kier alpha value is -1.56. The number of hydrogen-bond donors (Lipinski definition) is 2. The minimum Gasteiger partial charge on any atom is -0.409 e. The summed E-state index contributed by atoms with van der Waals surface area (Å²) in [6.45, 7) is 6.05. The largest absolute Gasteiger partial charge is 0.409 e. The van der Waals surface area contributed by atoms with Gasteiger partial charge in [-0.2, -0.15) is 5.10 Å². The number of aromatic nitrogens is 2. The fourth-order valence-corrected chi connectivity index (χ4v) is 2.68. The zero-order chi connectivity index (χ0) is 14.5. The van der Waals surface area contributed by atoms with Gasteiger partial charge >= 0.3 is 0 Å². The lowest BCUT2D eigenvalue weighted by molar-refractivity contribution is 0.175. The predicted molar refractivity (Wildman–Crippen MR) is 78.7 cm³/mol. The van der Waals surface area contributed by atoms with E-state index in [1.807, 2.05) is 10.9 Å². The Morgan fingerprint density at radius 1 is 1.60 bits per heavy atom. The number of oxime groups is 1. The van der Waals surface area contributed by atoms with Crippen LogP contribution in [0.2, 0.25) is 0 Å². The van der Waals surface area contributed by atoms with E-state index in [1.165, 1.54) is 0 Å². The van der Waals surface area contributed by atoms with Crippen LogP contribution in [-0.4, -0.2) is 38.3 Å². The molecular weight excluding hydrogens is 254 g/mol. The Kier molecular flexibility index (Phi) is 5.00. The standard InChI is InChI=1S/C14H25N5O/c1-3-11(2)19-9-7-12(16-19)10-18-8-5-4-6-13(18)14(15)17-20/h7,9,11,13,20H,3-6,8,10H2,1-2H3,(H2,15,17). The van der Waals surface area contributed by atoms with Crippen LogP contribution in [0.5, 0.6) is 0 Å². The van der Waals surface area contributed by atoms with E-state index in [4.69, 9.17) is 10.9 Å². The van der Waals surface area contributed by atoms with Crippen LogP contribution in [0.25, 0.3) is 0 Å². The molecule has 2 rings (SSSR count). The number of likely N-dealkylation sites (tertiary alicyclic amines) is 1. The van der Waals surface area contributed by atoms with Gasteiger partial charge in [0.05, 0.1) is 11.7 Å².